The van der Waals surface area contributed by atoms with Crippen LogP contribution in [0, 0.1) is 14.9 Å². The van der Waals surface area contributed by atoms with Gasteiger partial charge < -0.3 is 4.90 Å². The zero-order valence-electron chi connectivity index (χ0n) is 9.98. The molecule has 0 heterocycles. The molecule has 0 aromatic heterocycles. The first kappa shape index (κ1) is 14.0. The summed E-state index contributed by atoms with van der Waals surface area (Å²) in [5, 5.41) is 8.60. The van der Waals surface area contributed by atoms with Gasteiger partial charge in [-0.05, 0) is 47.2 Å². The van der Waals surface area contributed by atoms with Gasteiger partial charge in [0.1, 0.15) is 0 Å². The van der Waals surface area contributed by atoms with Crippen LogP contribution in [0.4, 0.5) is 0 Å². The summed E-state index contributed by atoms with van der Waals surface area (Å²) >= 11 is 2.23. The SMILES string of the molecule is C[C@@H](CC#N)N(C)C(=O)Cc1cccc(I)c1. The number of likely N-dealkylation sites (N-methyl/N-ethyl adjacent to an activating group) is 1. The van der Waals surface area contributed by atoms with Gasteiger partial charge in [-0.2, -0.15) is 5.26 Å². The fourth-order valence-electron chi connectivity index (χ4n) is 1.46. The van der Waals surface area contributed by atoms with E-state index in [0.29, 0.717) is 12.8 Å². The molecule has 90 valence electrons. The van der Waals surface area contributed by atoms with Crippen LogP contribution in [-0.2, 0) is 11.2 Å². The van der Waals surface area contributed by atoms with Gasteiger partial charge in [0.25, 0.3) is 0 Å². The van der Waals surface area contributed by atoms with E-state index in [1.807, 2.05) is 31.2 Å². The highest BCUT2D eigenvalue weighted by molar-refractivity contribution is 14.1. The molecule has 0 radical (unpaired) electrons. The Balaban J connectivity index is 2.63. The van der Waals surface area contributed by atoms with E-state index >= 15 is 0 Å². The Bertz CT molecular complexity index is 439. The highest BCUT2D eigenvalue weighted by atomic mass is 127. The fourth-order valence-corrected chi connectivity index (χ4v) is 2.07. The van der Waals surface area contributed by atoms with Gasteiger partial charge in [0.15, 0.2) is 0 Å². The van der Waals surface area contributed by atoms with Crippen molar-refractivity contribution in [1.29, 1.82) is 5.26 Å². The lowest BCUT2D eigenvalue weighted by atomic mass is 10.1. The van der Waals surface area contributed by atoms with E-state index in [1.54, 1.807) is 11.9 Å². The number of hydrogen-bond acceptors (Lipinski definition) is 2. The summed E-state index contributed by atoms with van der Waals surface area (Å²) in [6, 6.07) is 9.94. The smallest absolute Gasteiger partial charge is 0.227 e. The molecule has 1 atom stereocenters. The number of hydrogen-bond donors (Lipinski definition) is 0. The Kier molecular flexibility index (Phi) is 5.42. The van der Waals surface area contributed by atoms with Crippen molar-refractivity contribution in [2.45, 2.75) is 25.8 Å². The predicted molar refractivity (Wildman–Crippen MR) is 75.3 cm³/mol. The normalized spacial score (nSPS) is 11.6. The van der Waals surface area contributed by atoms with Crippen LogP contribution in [0.3, 0.4) is 0 Å². The van der Waals surface area contributed by atoms with Crippen molar-refractivity contribution in [3.8, 4) is 6.07 Å². The molecule has 0 aliphatic carbocycles. The van der Waals surface area contributed by atoms with E-state index in [1.165, 1.54) is 0 Å². The van der Waals surface area contributed by atoms with Gasteiger partial charge >= 0.3 is 0 Å². The third-order valence-corrected chi connectivity index (χ3v) is 3.36. The lowest BCUT2D eigenvalue weighted by Crippen LogP contribution is -2.35. The van der Waals surface area contributed by atoms with Crippen LogP contribution in [0.15, 0.2) is 24.3 Å². The Morgan fingerprint density at radius 2 is 2.29 bits per heavy atom. The lowest BCUT2D eigenvalue weighted by Gasteiger charge is -2.23. The maximum absolute atomic E-state index is 12.0. The van der Waals surface area contributed by atoms with Crippen molar-refractivity contribution in [2.24, 2.45) is 0 Å². The van der Waals surface area contributed by atoms with E-state index < -0.39 is 0 Å². The number of halogens is 1. The molecule has 17 heavy (non-hydrogen) atoms. The standard InChI is InChI=1S/C13H15IN2O/c1-10(6-7-15)16(2)13(17)9-11-4-3-5-12(14)8-11/h3-5,8,10H,6,9H2,1-2H3/t10-/m0/s1. The van der Waals surface area contributed by atoms with E-state index in [0.717, 1.165) is 9.13 Å². The van der Waals surface area contributed by atoms with E-state index in [9.17, 15) is 4.79 Å². The monoisotopic (exact) mass is 342 g/mol. The second kappa shape index (κ2) is 6.60. The molecule has 0 aliphatic heterocycles. The van der Waals surface area contributed by atoms with Crippen molar-refractivity contribution in [3.63, 3.8) is 0 Å². The molecule has 1 aromatic carbocycles. The molecule has 0 saturated heterocycles. The van der Waals surface area contributed by atoms with Crippen LogP contribution in [0.5, 0.6) is 0 Å². The Hall–Kier alpha value is -1.09. The molecular formula is C13H15IN2O. The van der Waals surface area contributed by atoms with E-state index in [2.05, 4.69) is 28.7 Å². The van der Waals surface area contributed by atoms with Crippen LogP contribution in [0.25, 0.3) is 0 Å². The van der Waals surface area contributed by atoms with Gasteiger partial charge in [0.2, 0.25) is 5.91 Å². The molecule has 1 rings (SSSR count). The third-order valence-electron chi connectivity index (χ3n) is 2.69. The predicted octanol–water partition coefficient (Wildman–Crippen LogP) is 2.59. The van der Waals surface area contributed by atoms with Gasteiger partial charge in [-0.3, -0.25) is 4.79 Å². The second-order valence-corrected chi connectivity index (χ2v) is 5.27. The minimum absolute atomic E-state index is 0.0321. The molecule has 0 bridgehead atoms. The second-order valence-electron chi connectivity index (χ2n) is 4.02. The van der Waals surface area contributed by atoms with E-state index in [4.69, 9.17) is 5.26 Å². The summed E-state index contributed by atoms with van der Waals surface area (Å²) in [4.78, 5) is 13.6. The summed E-state index contributed by atoms with van der Waals surface area (Å²) in [5.41, 5.74) is 1.01. The van der Waals surface area contributed by atoms with Crippen molar-refractivity contribution in [2.75, 3.05) is 7.05 Å². The zero-order valence-corrected chi connectivity index (χ0v) is 12.1. The van der Waals surface area contributed by atoms with Crippen molar-refractivity contribution in [3.05, 3.63) is 33.4 Å². The zero-order chi connectivity index (χ0) is 12.8. The molecule has 0 saturated carbocycles. The lowest BCUT2D eigenvalue weighted by molar-refractivity contribution is -0.130. The van der Waals surface area contributed by atoms with Gasteiger partial charge in [0, 0.05) is 16.7 Å². The van der Waals surface area contributed by atoms with Crippen LogP contribution in [-0.4, -0.2) is 23.9 Å². The number of carbonyl (C=O) groups is 1. The van der Waals surface area contributed by atoms with Crippen molar-refractivity contribution in [1.82, 2.24) is 4.90 Å². The molecule has 3 nitrogen and oxygen atoms in total. The highest BCUT2D eigenvalue weighted by Crippen LogP contribution is 2.10. The molecule has 1 amide bonds. The molecule has 0 N–H and O–H groups in total. The number of carbonyl (C=O) groups excluding carboxylic acids is 1. The quantitative estimate of drug-likeness (QED) is 0.790. The number of rotatable bonds is 4. The van der Waals surface area contributed by atoms with Crippen LogP contribution in [0.1, 0.15) is 18.9 Å². The number of benzene rings is 1. The number of amides is 1. The summed E-state index contributed by atoms with van der Waals surface area (Å²) in [6.45, 7) is 1.88. The molecule has 0 spiro atoms. The van der Waals surface area contributed by atoms with Crippen molar-refractivity contribution < 1.29 is 4.79 Å². The fraction of sp³-hybridized carbons (Fsp3) is 0.385. The Labute approximate surface area is 116 Å². The minimum Gasteiger partial charge on any atom is -0.342 e. The maximum Gasteiger partial charge on any atom is 0.227 e. The number of nitriles is 1. The summed E-state index contributed by atoms with van der Waals surface area (Å²) in [7, 11) is 1.75. The summed E-state index contributed by atoms with van der Waals surface area (Å²) in [6.07, 6.45) is 0.762. The average Bonchev–Trinajstić information content (AvgIpc) is 2.28. The highest BCUT2D eigenvalue weighted by Gasteiger charge is 2.15. The summed E-state index contributed by atoms with van der Waals surface area (Å²) in [5.74, 6) is 0.0507. The van der Waals surface area contributed by atoms with Gasteiger partial charge in [0.05, 0.1) is 18.9 Å². The van der Waals surface area contributed by atoms with Crippen LogP contribution in [0.2, 0.25) is 0 Å². The maximum atomic E-state index is 12.0. The van der Waals surface area contributed by atoms with Gasteiger partial charge in [-0.25, -0.2) is 0 Å². The average molecular weight is 342 g/mol. The molecule has 0 unspecified atom stereocenters. The Morgan fingerprint density at radius 3 is 2.88 bits per heavy atom. The first-order chi connectivity index (χ1) is 8.04. The van der Waals surface area contributed by atoms with Crippen LogP contribution < -0.4 is 0 Å². The molecule has 0 aliphatic rings. The number of nitrogens with zero attached hydrogens (tertiary/aromatic N) is 2. The molecule has 0 fully saturated rings. The summed E-state index contributed by atoms with van der Waals surface area (Å²) < 4.78 is 1.13. The topological polar surface area (TPSA) is 44.1 Å². The molecular weight excluding hydrogens is 327 g/mol. The molecule has 4 heteroatoms. The van der Waals surface area contributed by atoms with Gasteiger partial charge in [-0.15, -0.1) is 0 Å². The Morgan fingerprint density at radius 1 is 1.59 bits per heavy atom. The first-order valence-corrected chi connectivity index (χ1v) is 6.49. The first-order valence-electron chi connectivity index (χ1n) is 5.41. The third kappa shape index (κ3) is 4.35. The molecule has 1 aromatic rings. The van der Waals surface area contributed by atoms with Gasteiger partial charge in [-0.1, -0.05) is 12.1 Å². The van der Waals surface area contributed by atoms with Crippen LogP contribution >= 0.6 is 22.6 Å². The van der Waals surface area contributed by atoms with Crippen molar-refractivity contribution >= 4 is 28.5 Å². The minimum atomic E-state index is -0.0321. The largest absolute Gasteiger partial charge is 0.342 e. The van der Waals surface area contributed by atoms with E-state index in [-0.39, 0.29) is 11.9 Å².